The van der Waals surface area contributed by atoms with Crippen LogP contribution < -0.4 is 5.73 Å². The highest BCUT2D eigenvalue weighted by molar-refractivity contribution is 9.10. The quantitative estimate of drug-likeness (QED) is 0.926. The second kappa shape index (κ2) is 5.53. The number of nitrogens with zero attached hydrogens (tertiary/aromatic N) is 2. The third-order valence-electron chi connectivity index (χ3n) is 3.12. The van der Waals surface area contributed by atoms with Crippen LogP contribution in [-0.4, -0.2) is 21.6 Å². The first-order chi connectivity index (χ1) is 8.18. The molecule has 0 aromatic carbocycles. The summed E-state index contributed by atoms with van der Waals surface area (Å²) in [5, 5.41) is 4.38. The predicted octanol–water partition coefficient (Wildman–Crippen LogP) is 2.23. The smallest absolute Gasteiger partial charge is 0.156 e. The number of carbonyl (C=O) groups is 1. The van der Waals surface area contributed by atoms with Gasteiger partial charge in [-0.2, -0.15) is 5.10 Å². The van der Waals surface area contributed by atoms with Gasteiger partial charge in [-0.3, -0.25) is 9.48 Å². The Kier molecular flexibility index (Phi) is 4.72. The van der Waals surface area contributed by atoms with E-state index in [-0.39, 0.29) is 11.2 Å². The van der Waals surface area contributed by atoms with E-state index in [0.29, 0.717) is 6.42 Å². The lowest BCUT2D eigenvalue weighted by Gasteiger charge is -2.25. The molecule has 0 aliphatic rings. The lowest BCUT2D eigenvalue weighted by Crippen LogP contribution is -2.43. The van der Waals surface area contributed by atoms with Gasteiger partial charge in [-0.25, -0.2) is 0 Å². The third-order valence-corrected chi connectivity index (χ3v) is 4.04. The Bertz CT molecular complexity index is 446. The van der Waals surface area contributed by atoms with Crippen LogP contribution in [0.5, 0.6) is 0 Å². The van der Waals surface area contributed by atoms with Gasteiger partial charge in [0.25, 0.3) is 0 Å². The Hall–Kier alpha value is -0.680. The van der Waals surface area contributed by atoms with Crippen molar-refractivity contribution < 1.29 is 4.79 Å². The van der Waals surface area contributed by atoms with Crippen molar-refractivity contribution in [3.63, 3.8) is 0 Å². The first kappa shape index (κ1) is 15.4. The molecule has 0 bridgehead atoms. The minimum atomic E-state index is -0.454. The summed E-state index contributed by atoms with van der Waals surface area (Å²) in [6.45, 7) is 7.97. The lowest BCUT2D eigenvalue weighted by atomic mass is 9.83. The Balaban J connectivity index is 2.92. The molecular formula is C13H22BrN3O. The number of nitrogens with two attached hydrogens (primary N) is 1. The summed E-state index contributed by atoms with van der Waals surface area (Å²) >= 11 is 3.51. The summed E-state index contributed by atoms with van der Waals surface area (Å²) < 4.78 is 2.69. The van der Waals surface area contributed by atoms with Gasteiger partial charge in [-0.1, -0.05) is 27.7 Å². The molecule has 1 unspecified atom stereocenters. The summed E-state index contributed by atoms with van der Waals surface area (Å²) in [7, 11) is 1.86. The summed E-state index contributed by atoms with van der Waals surface area (Å²) in [5.74, 6) is 0.0499. The van der Waals surface area contributed by atoms with E-state index < -0.39 is 6.04 Å². The minimum absolute atomic E-state index is 0.0499. The maximum absolute atomic E-state index is 12.2. The highest BCUT2D eigenvalue weighted by Gasteiger charge is 2.28. The van der Waals surface area contributed by atoms with Crippen molar-refractivity contribution in [3.8, 4) is 0 Å². The molecule has 0 saturated carbocycles. The van der Waals surface area contributed by atoms with Crippen LogP contribution in [0.25, 0.3) is 0 Å². The molecular weight excluding hydrogens is 294 g/mol. The van der Waals surface area contributed by atoms with Gasteiger partial charge in [-0.05, 0) is 27.8 Å². The van der Waals surface area contributed by atoms with E-state index in [2.05, 4.69) is 21.0 Å². The molecule has 0 spiro atoms. The molecule has 1 aromatic heterocycles. The third kappa shape index (κ3) is 3.20. The predicted molar refractivity (Wildman–Crippen MR) is 76.4 cm³/mol. The van der Waals surface area contributed by atoms with Crippen LogP contribution in [0.4, 0.5) is 0 Å². The molecule has 0 amide bonds. The van der Waals surface area contributed by atoms with E-state index in [1.165, 1.54) is 0 Å². The summed E-state index contributed by atoms with van der Waals surface area (Å²) in [5.41, 5.74) is 7.65. The zero-order valence-electron chi connectivity index (χ0n) is 11.7. The van der Waals surface area contributed by atoms with Gasteiger partial charge in [0.15, 0.2) is 5.78 Å². The van der Waals surface area contributed by atoms with Gasteiger partial charge in [-0.15, -0.1) is 0 Å². The number of carbonyl (C=O) groups excluding carboxylic acids is 1. The summed E-state index contributed by atoms with van der Waals surface area (Å²) in [6.07, 6.45) is 1.16. The molecule has 1 rings (SSSR count). The Morgan fingerprint density at radius 2 is 2.06 bits per heavy atom. The normalized spacial score (nSPS) is 13.7. The standard InChI is InChI=1S/C13H22BrN3O/c1-6-8-11(14)9(17(5)16-8)7-10(18)12(15)13(2,3)4/h12H,6-7,15H2,1-5H3. The first-order valence-electron chi connectivity index (χ1n) is 6.17. The van der Waals surface area contributed by atoms with E-state index in [1.54, 1.807) is 4.68 Å². The van der Waals surface area contributed by atoms with Crippen LogP contribution in [-0.2, 0) is 24.7 Å². The Labute approximate surface area is 117 Å². The highest BCUT2D eigenvalue weighted by atomic mass is 79.9. The zero-order valence-corrected chi connectivity index (χ0v) is 13.3. The van der Waals surface area contributed by atoms with Crippen LogP contribution in [0.15, 0.2) is 4.47 Å². The summed E-state index contributed by atoms with van der Waals surface area (Å²) in [4.78, 5) is 12.2. The molecule has 0 radical (unpaired) electrons. The molecule has 1 atom stereocenters. The average Bonchev–Trinajstić information content (AvgIpc) is 2.54. The van der Waals surface area contributed by atoms with Gasteiger partial charge in [0.05, 0.1) is 28.3 Å². The van der Waals surface area contributed by atoms with Gasteiger partial charge in [0.2, 0.25) is 0 Å². The largest absolute Gasteiger partial charge is 0.321 e. The molecule has 2 N–H and O–H groups in total. The number of rotatable bonds is 4. The van der Waals surface area contributed by atoms with E-state index >= 15 is 0 Å². The lowest BCUT2D eigenvalue weighted by molar-refractivity contribution is -0.121. The fraction of sp³-hybridized carbons (Fsp3) is 0.692. The van der Waals surface area contributed by atoms with Gasteiger partial charge in [0.1, 0.15) is 0 Å². The van der Waals surface area contributed by atoms with Crippen molar-refractivity contribution in [1.82, 2.24) is 9.78 Å². The molecule has 1 heterocycles. The monoisotopic (exact) mass is 315 g/mol. The number of hydrogen-bond acceptors (Lipinski definition) is 3. The number of Topliss-reactive ketones (excluding diaryl/α,β-unsaturated/α-hetero) is 1. The maximum Gasteiger partial charge on any atom is 0.156 e. The highest BCUT2D eigenvalue weighted by Crippen LogP contribution is 2.24. The second-order valence-electron chi connectivity index (χ2n) is 5.67. The topological polar surface area (TPSA) is 60.9 Å². The van der Waals surface area contributed by atoms with Crippen molar-refractivity contribution >= 4 is 21.7 Å². The molecule has 4 nitrogen and oxygen atoms in total. The van der Waals surface area contributed by atoms with E-state index in [9.17, 15) is 4.79 Å². The fourth-order valence-corrected chi connectivity index (χ4v) is 2.53. The Morgan fingerprint density at radius 3 is 2.44 bits per heavy atom. The summed E-state index contributed by atoms with van der Waals surface area (Å²) in [6, 6.07) is -0.454. The molecule has 5 heteroatoms. The number of ketones is 1. The van der Waals surface area contributed by atoms with Crippen LogP contribution in [0, 0.1) is 5.41 Å². The number of hydrogen-bond donors (Lipinski definition) is 1. The number of aryl methyl sites for hydroxylation is 2. The number of aromatic nitrogens is 2. The molecule has 1 aromatic rings. The van der Waals surface area contributed by atoms with Crippen molar-refractivity contribution in [2.75, 3.05) is 0 Å². The zero-order chi connectivity index (χ0) is 14.1. The van der Waals surface area contributed by atoms with Gasteiger partial charge in [0, 0.05) is 7.05 Å². The maximum atomic E-state index is 12.2. The van der Waals surface area contributed by atoms with Crippen LogP contribution >= 0.6 is 15.9 Å². The van der Waals surface area contributed by atoms with Crippen molar-refractivity contribution in [3.05, 3.63) is 15.9 Å². The molecule has 0 saturated heterocycles. The van der Waals surface area contributed by atoms with E-state index in [1.807, 2.05) is 34.7 Å². The minimum Gasteiger partial charge on any atom is -0.321 e. The van der Waals surface area contributed by atoms with E-state index in [4.69, 9.17) is 5.73 Å². The molecule has 18 heavy (non-hydrogen) atoms. The van der Waals surface area contributed by atoms with Crippen molar-refractivity contribution in [1.29, 1.82) is 0 Å². The molecule has 0 fully saturated rings. The van der Waals surface area contributed by atoms with Crippen LogP contribution in [0.3, 0.4) is 0 Å². The van der Waals surface area contributed by atoms with Crippen molar-refractivity contribution in [2.45, 2.75) is 46.6 Å². The Morgan fingerprint density at radius 1 is 1.50 bits per heavy atom. The fourth-order valence-electron chi connectivity index (χ4n) is 1.77. The van der Waals surface area contributed by atoms with Crippen molar-refractivity contribution in [2.24, 2.45) is 18.2 Å². The second-order valence-corrected chi connectivity index (χ2v) is 6.46. The van der Waals surface area contributed by atoms with Crippen LogP contribution in [0.2, 0.25) is 0 Å². The SMILES string of the molecule is CCc1nn(C)c(CC(=O)C(N)C(C)(C)C)c1Br. The number of halogens is 1. The first-order valence-corrected chi connectivity index (χ1v) is 6.96. The van der Waals surface area contributed by atoms with Crippen LogP contribution in [0.1, 0.15) is 39.1 Å². The molecule has 0 aliphatic heterocycles. The van der Waals surface area contributed by atoms with Gasteiger partial charge < -0.3 is 5.73 Å². The molecule has 102 valence electrons. The molecule has 0 aliphatic carbocycles. The van der Waals surface area contributed by atoms with E-state index in [0.717, 1.165) is 22.3 Å². The average molecular weight is 316 g/mol. The van der Waals surface area contributed by atoms with Gasteiger partial charge >= 0.3 is 0 Å².